The molecule has 1 unspecified atom stereocenters. The molecule has 1 saturated heterocycles. The second-order valence-electron chi connectivity index (χ2n) is 5.56. The van der Waals surface area contributed by atoms with Crippen molar-refractivity contribution in [1.82, 2.24) is 9.97 Å². The van der Waals surface area contributed by atoms with Crippen LogP contribution in [0.1, 0.15) is 25.1 Å². The smallest absolute Gasteiger partial charge is 0.134 e. The van der Waals surface area contributed by atoms with Crippen molar-refractivity contribution in [2.24, 2.45) is 11.7 Å². The van der Waals surface area contributed by atoms with Crippen molar-refractivity contribution in [3.05, 3.63) is 11.9 Å². The van der Waals surface area contributed by atoms with E-state index in [2.05, 4.69) is 20.9 Å². The molecule has 1 aliphatic heterocycles. The Labute approximate surface area is 115 Å². The molecule has 0 aromatic carbocycles. The van der Waals surface area contributed by atoms with E-state index >= 15 is 0 Å². The van der Waals surface area contributed by atoms with Crippen LogP contribution in [0, 0.1) is 12.8 Å². The van der Waals surface area contributed by atoms with Crippen LogP contribution in [0.2, 0.25) is 0 Å². The number of hydrogen-bond donors (Lipinski definition) is 1. The minimum absolute atomic E-state index is 0.705. The fourth-order valence-corrected chi connectivity index (χ4v) is 2.67. The fourth-order valence-electron chi connectivity index (χ4n) is 2.67. The summed E-state index contributed by atoms with van der Waals surface area (Å²) >= 11 is 0. The van der Waals surface area contributed by atoms with Gasteiger partial charge in [-0.3, -0.25) is 0 Å². The van der Waals surface area contributed by atoms with Crippen LogP contribution in [0.25, 0.3) is 0 Å². The predicted octanol–water partition coefficient (Wildman–Crippen LogP) is 1.42. The molecular weight excluding hydrogens is 238 g/mol. The van der Waals surface area contributed by atoms with E-state index < -0.39 is 0 Å². The largest absolute Gasteiger partial charge is 0.363 e. The van der Waals surface area contributed by atoms with Gasteiger partial charge in [0.05, 0.1) is 0 Å². The van der Waals surface area contributed by atoms with E-state index in [1.807, 2.05) is 25.9 Å². The van der Waals surface area contributed by atoms with Crippen LogP contribution in [0.4, 0.5) is 11.6 Å². The first-order valence-electron chi connectivity index (χ1n) is 7.08. The van der Waals surface area contributed by atoms with Crippen LogP contribution in [0.15, 0.2) is 6.07 Å². The summed E-state index contributed by atoms with van der Waals surface area (Å²) in [6, 6.07) is 2.08. The first-order valence-corrected chi connectivity index (χ1v) is 7.08. The van der Waals surface area contributed by atoms with Crippen LogP contribution < -0.4 is 15.5 Å². The number of hydrogen-bond acceptors (Lipinski definition) is 5. The Bertz CT molecular complexity index is 416. The quantitative estimate of drug-likeness (QED) is 0.890. The average molecular weight is 263 g/mol. The van der Waals surface area contributed by atoms with Gasteiger partial charge in [-0.15, -0.1) is 0 Å². The van der Waals surface area contributed by atoms with Crippen LogP contribution in [-0.2, 0) is 0 Å². The molecular formula is C14H25N5. The highest BCUT2D eigenvalue weighted by Crippen LogP contribution is 2.25. The molecule has 1 aromatic heterocycles. The molecule has 106 valence electrons. The van der Waals surface area contributed by atoms with Crippen LogP contribution in [-0.4, -0.2) is 43.7 Å². The Hall–Kier alpha value is -1.36. The van der Waals surface area contributed by atoms with Gasteiger partial charge in [0.25, 0.3) is 0 Å². The minimum atomic E-state index is 0.705. The standard InChI is InChI=1S/C14H25N5/c1-11-16-13(18(2)3)9-14(17-11)19-8-4-5-12(10-19)6-7-15/h9,12H,4-8,10,15H2,1-3H3. The van der Waals surface area contributed by atoms with Crippen LogP contribution in [0.3, 0.4) is 0 Å². The molecule has 19 heavy (non-hydrogen) atoms. The molecule has 2 rings (SSSR count). The van der Waals surface area contributed by atoms with Gasteiger partial charge in [-0.05, 0) is 38.6 Å². The van der Waals surface area contributed by atoms with E-state index in [9.17, 15) is 0 Å². The van der Waals surface area contributed by atoms with E-state index in [1.165, 1.54) is 12.8 Å². The highest BCUT2D eigenvalue weighted by atomic mass is 15.2. The van der Waals surface area contributed by atoms with Crippen LogP contribution >= 0.6 is 0 Å². The molecule has 0 radical (unpaired) electrons. The minimum Gasteiger partial charge on any atom is -0.363 e. The summed E-state index contributed by atoms with van der Waals surface area (Å²) in [6.45, 7) is 4.90. The summed E-state index contributed by atoms with van der Waals surface area (Å²) in [7, 11) is 4.03. The Morgan fingerprint density at radius 2 is 2.21 bits per heavy atom. The van der Waals surface area contributed by atoms with E-state index in [0.717, 1.165) is 43.5 Å². The maximum Gasteiger partial charge on any atom is 0.134 e. The van der Waals surface area contributed by atoms with Crippen molar-refractivity contribution in [2.45, 2.75) is 26.2 Å². The van der Waals surface area contributed by atoms with Gasteiger partial charge in [-0.1, -0.05) is 0 Å². The topological polar surface area (TPSA) is 58.3 Å². The summed E-state index contributed by atoms with van der Waals surface area (Å²) in [6.07, 6.45) is 3.63. The lowest BCUT2D eigenvalue weighted by atomic mass is 9.95. The maximum atomic E-state index is 5.68. The number of nitrogens with zero attached hydrogens (tertiary/aromatic N) is 4. The Morgan fingerprint density at radius 1 is 1.42 bits per heavy atom. The molecule has 1 aromatic rings. The average Bonchev–Trinajstić information content (AvgIpc) is 2.38. The number of nitrogens with two attached hydrogens (primary N) is 1. The molecule has 0 saturated carbocycles. The lowest BCUT2D eigenvalue weighted by molar-refractivity contribution is 0.394. The second-order valence-corrected chi connectivity index (χ2v) is 5.56. The molecule has 5 heteroatoms. The molecule has 0 spiro atoms. The zero-order valence-electron chi connectivity index (χ0n) is 12.3. The predicted molar refractivity (Wildman–Crippen MR) is 79.7 cm³/mol. The second kappa shape index (κ2) is 6.19. The summed E-state index contributed by atoms with van der Waals surface area (Å²) in [5, 5.41) is 0. The third-order valence-corrected chi connectivity index (χ3v) is 3.69. The Morgan fingerprint density at radius 3 is 2.89 bits per heavy atom. The van der Waals surface area contributed by atoms with Gasteiger partial charge in [-0.25, -0.2) is 9.97 Å². The normalized spacial score (nSPS) is 19.6. The lowest BCUT2D eigenvalue weighted by Crippen LogP contribution is -2.37. The molecule has 2 heterocycles. The van der Waals surface area contributed by atoms with E-state index in [0.29, 0.717) is 5.92 Å². The summed E-state index contributed by atoms with van der Waals surface area (Å²) < 4.78 is 0. The van der Waals surface area contributed by atoms with E-state index in [-0.39, 0.29) is 0 Å². The first-order chi connectivity index (χ1) is 9.10. The monoisotopic (exact) mass is 263 g/mol. The van der Waals surface area contributed by atoms with Gasteiger partial charge in [0.2, 0.25) is 0 Å². The van der Waals surface area contributed by atoms with Crippen molar-refractivity contribution in [3.8, 4) is 0 Å². The number of anilines is 2. The molecule has 0 amide bonds. The molecule has 1 atom stereocenters. The van der Waals surface area contributed by atoms with Gasteiger partial charge in [0.15, 0.2) is 0 Å². The van der Waals surface area contributed by atoms with Gasteiger partial charge < -0.3 is 15.5 Å². The van der Waals surface area contributed by atoms with Gasteiger partial charge >= 0.3 is 0 Å². The highest BCUT2D eigenvalue weighted by molar-refractivity contribution is 5.50. The Balaban J connectivity index is 2.16. The maximum absolute atomic E-state index is 5.68. The van der Waals surface area contributed by atoms with Crippen molar-refractivity contribution in [1.29, 1.82) is 0 Å². The van der Waals surface area contributed by atoms with Crippen LogP contribution in [0.5, 0.6) is 0 Å². The third-order valence-electron chi connectivity index (χ3n) is 3.69. The number of aryl methyl sites for hydroxylation is 1. The number of rotatable bonds is 4. The Kier molecular flexibility index (Phi) is 4.58. The summed E-state index contributed by atoms with van der Waals surface area (Å²) in [5.41, 5.74) is 5.68. The third kappa shape index (κ3) is 3.56. The number of aromatic nitrogens is 2. The summed E-state index contributed by atoms with van der Waals surface area (Å²) in [5.74, 6) is 3.57. The van der Waals surface area contributed by atoms with E-state index in [1.54, 1.807) is 0 Å². The van der Waals surface area contributed by atoms with Gasteiger partial charge in [0.1, 0.15) is 17.5 Å². The fraction of sp³-hybridized carbons (Fsp3) is 0.714. The van der Waals surface area contributed by atoms with Crippen molar-refractivity contribution in [2.75, 3.05) is 43.5 Å². The van der Waals surface area contributed by atoms with Crippen molar-refractivity contribution >= 4 is 11.6 Å². The highest BCUT2D eigenvalue weighted by Gasteiger charge is 2.21. The van der Waals surface area contributed by atoms with E-state index in [4.69, 9.17) is 5.73 Å². The SMILES string of the molecule is Cc1nc(N(C)C)cc(N2CCCC(CCN)C2)n1. The van der Waals surface area contributed by atoms with Gasteiger partial charge in [0, 0.05) is 33.3 Å². The molecule has 5 nitrogen and oxygen atoms in total. The first kappa shape index (κ1) is 14.1. The number of piperidine rings is 1. The molecule has 2 N–H and O–H groups in total. The molecule has 1 aliphatic rings. The van der Waals surface area contributed by atoms with Crippen molar-refractivity contribution < 1.29 is 0 Å². The van der Waals surface area contributed by atoms with Gasteiger partial charge in [-0.2, -0.15) is 0 Å². The molecule has 0 aliphatic carbocycles. The molecule has 1 fully saturated rings. The molecule has 0 bridgehead atoms. The zero-order valence-corrected chi connectivity index (χ0v) is 12.3. The lowest BCUT2D eigenvalue weighted by Gasteiger charge is -2.34. The summed E-state index contributed by atoms with van der Waals surface area (Å²) in [4.78, 5) is 13.5. The van der Waals surface area contributed by atoms with Crippen molar-refractivity contribution in [3.63, 3.8) is 0 Å². The zero-order chi connectivity index (χ0) is 13.8.